The molecule has 0 aliphatic rings. The third-order valence-corrected chi connectivity index (χ3v) is 4.12. The van der Waals surface area contributed by atoms with Crippen LogP contribution in [0.2, 0.25) is 0 Å². The number of hydrogen-bond donors (Lipinski definition) is 1. The van der Waals surface area contributed by atoms with E-state index >= 15 is 0 Å². The Morgan fingerprint density at radius 3 is 2.65 bits per heavy atom. The van der Waals surface area contributed by atoms with Gasteiger partial charge in [-0.05, 0) is 24.0 Å². The molecule has 0 aliphatic carbocycles. The molecule has 134 valence electrons. The van der Waals surface area contributed by atoms with Crippen molar-refractivity contribution in [3.05, 3.63) is 88.8 Å². The molecule has 1 aromatic heterocycles. The van der Waals surface area contributed by atoms with Crippen LogP contribution in [0.15, 0.2) is 59.1 Å². The molecule has 6 heteroatoms. The van der Waals surface area contributed by atoms with Gasteiger partial charge in [0.05, 0.1) is 5.69 Å². The number of rotatable bonds is 6. The minimum Gasteiger partial charge on any atom is -0.351 e. The second kappa shape index (κ2) is 7.91. The van der Waals surface area contributed by atoms with Crippen LogP contribution in [-0.4, -0.2) is 11.1 Å². The summed E-state index contributed by atoms with van der Waals surface area (Å²) >= 11 is 0. The van der Waals surface area contributed by atoms with Gasteiger partial charge in [0.1, 0.15) is 11.6 Å². The topological polar surface area (TPSA) is 55.1 Å². The van der Waals surface area contributed by atoms with Gasteiger partial charge in [-0.25, -0.2) is 8.78 Å². The molecule has 0 saturated heterocycles. The van der Waals surface area contributed by atoms with E-state index in [2.05, 4.69) is 17.4 Å². The Balaban J connectivity index is 1.59. The summed E-state index contributed by atoms with van der Waals surface area (Å²) in [6, 6.07) is 14.8. The van der Waals surface area contributed by atoms with E-state index in [0.717, 1.165) is 12.1 Å². The Morgan fingerprint density at radius 1 is 1.15 bits per heavy atom. The number of aromatic nitrogens is 1. The average Bonchev–Trinajstić information content (AvgIpc) is 3.10. The first-order chi connectivity index (χ1) is 12.5. The molecular weight excluding hydrogens is 338 g/mol. The maximum Gasteiger partial charge on any atom is 0.290 e. The van der Waals surface area contributed by atoms with Gasteiger partial charge in [0, 0.05) is 24.2 Å². The SMILES string of the molecule is C[C@H](Cc1cc(C(=O)NCc2ccc(F)cc2F)on1)c1ccccc1. The molecule has 0 bridgehead atoms. The normalized spacial score (nSPS) is 12.0. The molecule has 1 heterocycles. The van der Waals surface area contributed by atoms with Crippen LogP contribution in [0.4, 0.5) is 8.78 Å². The molecule has 0 saturated carbocycles. The van der Waals surface area contributed by atoms with Crippen molar-refractivity contribution in [3.8, 4) is 0 Å². The number of carbonyl (C=O) groups is 1. The van der Waals surface area contributed by atoms with Gasteiger partial charge in [0.25, 0.3) is 5.91 Å². The van der Waals surface area contributed by atoms with Gasteiger partial charge < -0.3 is 9.84 Å². The summed E-state index contributed by atoms with van der Waals surface area (Å²) in [5, 5.41) is 6.47. The van der Waals surface area contributed by atoms with Crippen LogP contribution in [0.3, 0.4) is 0 Å². The molecule has 1 amide bonds. The predicted molar refractivity (Wildman–Crippen MR) is 92.6 cm³/mol. The second-order valence-corrected chi connectivity index (χ2v) is 6.12. The molecule has 2 aromatic carbocycles. The Bertz CT molecular complexity index is 894. The number of halogens is 2. The summed E-state index contributed by atoms with van der Waals surface area (Å²) in [5.74, 6) is -1.58. The van der Waals surface area contributed by atoms with Crippen molar-refractivity contribution in [1.29, 1.82) is 0 Å². The lowest BCUT2D eigenvalue weighted by Crippen LogP contribution is -2.22. The fourth-order valence-electron chi connectivity index (χ4n) is 2.66. The Kier molecular flexibility index (Phi) is 5.41. The molecule has 3 rings (SSSR count). The first-order valence-corrected chi connectivity index (χ1v) is 8.25. The summed E-state index contributed by atoms with van der Waals surface area (Å²) < 4.78 is 31.6. The van der Waals surface area contributed by atoms with Crippen LogP contribution in [-0.2, 0) is 13.0 Å². The van der Waals surface area contributed by atoms with Gasteiger partial charge in [-0.3, -0.25) is 4.79 Å². The molecular formula is C20H18F2N2O2. The van der Waals surface area contributed by atoms with Crippen LogP contribution >= 0.6 is 0 Å². The first kappa shape index (κ1) is 17.8. The van der Waals surface area contributed by atoms with E-state index in [4.69, 9.17) is 4.52 Å². The van der Waals surface area contributed by atoms with Gasteiger partial charge >= 0.3 is 0 Å². The van der Waals surface area contributed by atoms with E-state index in [9.17, 15) is 13.6 Å². The molecule has 0 fully saturated rings. The molecule has 1 N–H and O–H groups in total. The van der Waals surface area contributed by atoms with E-state index < -0.39 is 17.5 Å². The lowest BCUT2D eigenvalue weighted by molar-refractivity contribution is 0.0913. The molecule has 0 unspecified atom stereocenters. The van der Waals surface area contributed by atoms with Gasteiger partial charge in [0.2, 0.25) is 5.76 Å². The summed E-state index contributed by atoms with van der Waals surface area (Å²) in [4.78, 5) is 12.1. The molecule has 4 nitrogen and oxygen atoms in total. The monoisotopic (exact) mass is 356 g/mol. The summed E-state index contributed by atoms with van der Waals surface area (Å²) in [6.45, 7) is 2.00. The number of carbonyl (C=O) groups excluding carboxylic acids is 1. The Labute approximate surface area is 149 Å². The third kappa shape index (κ3) is 4.33. The minimum absolute atomic E-state index is 0.0581. The average molecular weight is 356 g/mol. The van der Waals surface area contributed by atoms with Crippen molar-refractivity contribution >= 4 is 5.91 Å². The zero-order valence-corrected chi connectivity index (χ0v) is 14.2. The van der Waals surface area contributed by atoms with Crippen molar-refractivity contribution in [2.45, 2.75) is 25.8 Å². The Morgan fingerprint density at radius 2 is 1.92 bits per heavy atom. The molecule has 0 radical (unpaired) electrons. The highest BCUT2D eigenvalue weighted by Crippen LogP contribution is 2.20. The highest BCUT2D eigenvalue weighted by molar-refractivity contribution is 5.91. The molecule has 0 aliphatic heterocycles. The van der Waals surface area contributed by atoms with Gasteiger partial charge in [-0.2, -0.15) is 0 Å². The van der Waals surface area contributed by atoms with Crippen molar-refractivity contribution in [1.82, 2.24) is 10.5 Å². The van der Waals surface area contributed by atoms with Crippen LogP contribution in [0.1, 0.15) is 40.2 Å². The number of nitrogens with one attached hydrogen (secondary N) is 1. The fourth-order valence-corrected chi connectivity index (χ4v) is 2.66. The van der Waals surface area contributed by atoms with Crippen molar-refractivity contribution < 1.29 is 18.1 Å². The number of nitrogens with zero attached hydrogens (tertiary/aromatic N) is 1. The van der Waals surface area contributed by atoms with E-state index in [-0.39, 0.29) is 23.8 Å². The zero-order chi connectivity index (χ0) is 18.5. The third-order valence-electron chi connectivity index (χ3n) is 4.12. The highest BCUT2D eigenvalue weighted by Gasteiger charge is 2.16. The number of benzene rings is 2. The van der Waals surface area contributed by atoms with E-state index in [1.807, 2.05) is 30.3 Å². The highest BCUT2D eigenvalue weighted by atomic mass is 19.1. The van der Waals surface area contributed by atoms with E-state index in [1.165, 1.54) is 11.6 Å². The number of hydrogen-bond acceptors (Lipinski definition) is 3. The quantitative estimate of drug-likeness (QED) is 0.719. The predicted octanol–water partition coefficient (Wildman–Crippen LogP) is 4.23. The minimum atomic E-state index is -0.708. The first-order valence-electron chi connectivity index (χ1n) is 8.25. The maximum absolute atomic E-state index is 13.6. The second-order valence-electron chi connectivity index (χ2n) is 6.12. The number of amides is 1. The fraction of sp³-hybridized carbons (Fsp3) is 0.200. The lowest BCUT2D eigenvalue weighted by atomic mass is 9.96. The van der Waals surface area contributed by atoms with Crippen molar-refractivity contribution in [2.75, 3.05) is 0 Å². The standard InChI is InChI=1S/C20H18F2N2O2/c1-13(14-5-3-2-4-6-14)9-17-11-19(26-24-17)20(25)23-12-15-7-8-16(21)10-18(15)22/h2-8,10-11,13H,9,12H2,1H3,(H,23,25)/t13-/m1/s1. The van der Waals surface area contributed by atoms with Crippen molar-refractivity contribution in [3.63, 3.8) is 0 Å². The summed E-state index contributed by atoms with van der Waals surface area (Å²) in [7, 11) is 0. The largest absolute Gasteiger partial charge is 0.351 e. The van der Waals surface area contributed by atoms with Gasteiger partial charge in [-0.15, -0.1) is 0 Å². The van der Waals surface area contributed by atoms with Crippen molar-refractivity contribution in [2.24, 2.45) is 0 Å². The van der Waals surface area contributed by atoms with Crippen LogP contribution in [0.5, 0.6) is 0 Å². The van der Waals surface area contributed by atoms with Crippen LogP contribution in [0, 0.1) is 11.6 Å². The van der Waals surface area contributed by atoms with Crippen LogP contribution in [0.25, 0.3) is 0 Å². The summed E-state index contributed by atoms with van der Waals surface area (Å²) in [6.07, 6.45) is 0.632. The van der Waals surface area contributed by atoms with E-state index in [1.54, 1.807) is 6.07 Å². The summed E-state index contributed by atoms with van der Waals surface area (Å²) in [5.41, 5.74) is 2.03. The molecule has 1 atom stereocenters. The Hall–Kier alpha value is -3.02. The van der Waals surface area contributed by atoms with Gasteiger partial charge in [-0.1, -0.05) is 48.5 Å². The van der Waals surface area contributed by atoms with Gasteiger partial charge in [0.15, 0.2) is 0 Å². The van der Waals surface area contributed by atoms with Crippen LogP contribution < -0.4 is 5.32 Å². The smallest absolute Gasteiger partial charge is 0.290 e. The molecule has 26 heavy (non-hydrogen) atoms. The molecule has 0 spiro atoms. The van der Waals surface area contributed by atoms with E-state index in [0.29, 0.717) is 12.1 Å². The maximum atomic E-state index is 13.6. The lowest BCUT2D eigenvalue weighted by Gasteiger charge is -2.08. The zero-order valence-electron chi connectivity index (χ0n) is 14.2. The molecule has 3 aromatic rings.